The van der Waals surface area contributed by atoms with Crippen LogP contribution < -0.4 is 0 Å². The molecule has 68 valence electrons. The molecule has 0 saturated carbocycles. The van der Waals surface area contributed by atoms with E-state index >= 15 is 0 Å². The normalized spacial score (nSPS) is 10.8. The molecule has 0 rings (SSSR count). The summed E-state index contributed by atoms with van der Waals surface area (Å²) < 4.78 is 8.93. The van der Waals surface area contributed by atoms with Gasteiger partial charge in [0.2, 0.25) is 0 Å². The molecule has 0 aromatic carbocycles. The number of methoxy groups -OCH3 is 2. The van der Waals surface area contributed by atoms with E-state index in [-0.39, 0.29) is 12.2 Å². The second-order valence-corrected chi connectivity index (χ2v) is 2.21. The lowest BCUT2D eigenvalue weighted by molar-refractivity contribution is -0.142. The summed E-state index contributed by atoms with van der Waals surface area (Å²) in [5.74, 6) is -0.826. The van der Waals surface area contributed by atoms with Gasteiger partial charge >= 0.3 is 5.97 Å². The number of rotatable bonds is 4. The van der Waals surface area contributed by atoms with Crippen LogP contribution in [0.15, 0.2) is 11.8 Å². The molecule has 0 aliphatic rings. The number of esters is 1. The molecule has 0 unspecified atom stereocenters. The van der Waals surface area contributed by atoms with Gasteiger partial charge in [-0.25, -0.2) is 0 Å². The first-order valence-electron chi connectivity index (χ1n) is 3.41. The van der Waals surface area contributed by atoms with Crippen molar-refractivity contribution in [2.45, 2.75) is 13.3 Å². The highest BCUT2D eigenvalue weighted by Crippen LogP contribution is 1.99. The molecule has 0 aromatic rings. The first-order valence-corrected chi connectivity index (χ1v) is 3.41. The number of Topliss-reactive ketones (excluding diaryl/α,β-unsaturated/α-hetero) is 1. The molecule has 0 atom stereocenters. The number of hydrogen-bond donors (Lipinski definition) is 0. The third-order valence-electron chi connectivity index (χ3n) is 1.27. The molecule has 0 amide bonds. The van der Waals surface area contributed by atoms with Gasteiger partial charge in [0.1, 0.15) is 6.42 Å². The van der Waals surface area contributed by atoms with Crippen LogP contribution in [-0.2, 0) is 19.1 Å². The van der Waals surface area contributed by atoms with Crippen molar-refractivity contribution in [2.75, 3.05) is 14.2 Å². The second kappa shape index (κ2) is 5.35. The van der Waals surface area contributed by atoms with Crippen LogP contribution in [-0.4, -0.2) is 26.0 Å². The molecule has 0 heterocycles. The Kier molecular flexibility index (Phi) is 4.76. The number of carbonyl (C=O) groups excluding carboxylic acids is 2. The molecule has 12 heavy (non-hydrogen) atoms. The highest BCUT2D eigenvalue weighted by molar-refractivity contribution is 6.04. The van der Waals surface area contributed by atoms with Crippen molar-refractivity contribution < 1.29 is 19.1 Å². The average molecular weight is 172 g/mol. The molecule has 0 radical (unpaired) electrons. The summed E-state index contributed by atoms with van der Waals surface area (Å²) in [5.41, 5.74) is 0.405. The minimum Gasteiger partial charge on any atom is -0.504 e. The zero-order valence-corrected chi connectivity index (χ0v) is 7.42. The minimum atomic E-state index is -0.538. The van der Waals surface area contributed by atoms with Crippen molar-refractivity contribution in [2.24, 2.45) is 0 Å². The van der Waals surface area contributed by atoms with Gasteiger partial charge in [-0.15, -0.1) is 0 Å². The van der Waals surface area contributed by atoms with Crippen LogP contribution in [0.4, 0.5) is 0 Å². The Balaban J connectivity index is 4.04. The monoisotopic (exact) mass is 172 g/mol. The van der Waals surface area contributed by atoms with Crippen LogP contribution in [0.5, 0.6) is 0 Å². The molecule has 4 nitrogen and oxygen atoms in total. The molecule has 4 heteroatoms. The molecule has 0 aromatic heterocycles. The Morgan fingerprint density at radius 3 is 2.33 bits per heavy atom. The fourth-order valence-electron chi connectivity index (χ4n) is 0.585. The molecule has 0 bridgehead atoms. The van der Waals surface area contributed by atoms with E-state index in [4.69, 9.17) is 0 Å². The van der Waals surface area contributed by atoms with E-state index in [1.165, 1.54) is 20.5 Å². The summed E-state index contributed by atoms with van der Waals surface area (Å²) in [5, 5.41) is 0. The van der Waals surface area contributed by atoms with Gasteiger partial charge in [-0.3, -0.25) is 9.59 Å². The standard InChI is InChI=1S/C8H12O4/c1-6(5-11-2)7(9)4-8(10)12-3/h5H,4H2,1-3H3/b6-5-. The van der Waals surface area contributed by atoms with Crippen molar-refractivity contribution in [3.63, 3.8) is 0 Å². The van der Waals surface area contributed by atoms with Crippen molar-refractivity contribution in [1.29, 1.82) is 0 Å². The SMILES string of the molecule is CO/C=C(/C)C(=O)CC(=O)OC. The Morgan fingerprint density at radius 2 is 1.92 bits per heavy atom. The fourth-order valence-corrected chi connectivity index (χ4v) is 0.585. The highest BCUT2D eigenvalue weighted by atomic mass is 16.5. The van der Waals surface area contributed by atoms with Crippen LogP contribution in [0.25, 0.3) is 0 Å². The van der Waals surface area contributed by atoms with Gasteiger partial charge in [0.25, 0.3) is 0 Å². The van der Waals surface area contributed by atoms with E-state index in [1.54, 1.807) is 6.92 Å². The van der Waals surface area contributed by atoms with Crippen molar-refractivity contribution in [3.8, 4) is 0 Å². The number of ketones is 1. The summed E-state index contributed by atoms with van der Waals surface area (Å²) in [6.07, 6.45) is 1.06. The first-order chi connectivity index (χ1) is 5.61. The van der Waals surface area contributed by atoms with Crippen LogP contribution in [0.3, 0.4) is 0 Å². The summed E-state index contributed by atoms with van der Waals surface area (Å²) in [7, 11) is 2.68. The van der Waals surface area contributed by atoms with Crippen molar-refractivity contribution in [1.82, 2.24) is 0 Å². The van der Waals surface area contributed by atoms with E-state index in [0.29, 0.717) is 5.57 Å². The van der Waals surface area contributed by atoms with E-state index in [2.05, 4.69) is 9.47 Å². The molecule has 0 fully saturated rings. The molecule has 0 N–H and O–H groups in total. The van der Waals surface area contributed by atoms with E-state index < -0.39 is 5.97 Å². The zero-order valence-electron chi connectivity index (χ0n) is 7.42. The lowest BCUT2D eigenvalue weighted by Gasteiger charge is -1.98. The third-order valence-corrected chi connectivity index (χ3v) is 1.27. The summed E-state index contributed by atoms with van der Waals surface area (Å²) >= 11 is 0. The van der Waals surface area contributed by atoms with E-state index in [0.717, 1.165) is 0 Å². The first kappa shape index (κ1) is 10.7. The van der Waals surface area contributed by atoms with E-state index in [9.17, 15) is 9.59 Å². The van der Waals surface area contributed by atoms with Gasteiger partial charge in [0.15, 0.2) is 5.78 Å². The molecule has 0 aliphatic carbocycles. The maximum atomic E-state index is 11.1. The number of allylic oxidation sites excluding steroid dienone is 1. The third kappa shape index (κ3) is 3.75. The van der Waals surface area contributed by atoms with Gasteiger partial charge in [-0.2, -0.15) is 0 Å². The lowest BCUT2D eigenvalue weighted by Crippen LogP contribution is -2.10. The number of hydrogen-bond acceptors (Lipinski definition) is 4. The van der Waals surface area contributed by atoms with Crippen LogP contribution in [0.2, 0.25) is 0 Å². The van der Waals surface area contributed by atoms with Gasteiger partial charge in [-0.05, 0) is 6.92 Å². The van der Waals surface area contributed by atoms with Crippen LogP contribution >= 0.6 is 0 Å². The predicted octanol–water partition coefficient (Wildman–Crippen LogP) is 0.669. The quantitative estimate of drug-likeness (QED) is 0.270. The molecular weight excluding hydrogens is 160 g/mol. The van der Waals surface area contributed by atoms with E-state index in [1.807, 2.05) is 0 Å². The minimum absolute atomic E-state index is 0.234. The number of carbonyl (C=O) groups is 2. The Hall–Kier alpha value is -1.32. The molecule has 0 spiro atoms. The Labute approximate surface area is 71.2 Å². The van der Waals surface area contributed by atoms with Gasteiger partial charge in [0, 0.05) is 5.57 Å². The van der Waals surface area contributed by atoms with Gasteiger partial charge in [0.05, 0.1) is 20.5 Å². The Morgan fingerprint density at radius 1 is 1.33 bits per heavy atom. The highest BCUT2D eigenvalue weighted by Gasteiger charge is 2.10. The lowest BCUT2D eigenvalue weighted by atomic mass is 10.1. The Bertz CT molecular complexity index is 205. The van der Waals surface area contributed by atoms with Gasteiger partial charge in [-0.1, -0.05) is 0 Å². The van der Waals surface area contributed by atoms with Crippen LogP contribution in [0.1, 0.15) is 13.3 Å². The second-order valence-electron chi connectivity index (χ2n) is 2.21. The molecule has 0 saturated heterocycles. The fraction of sp³-hybridized carbons (Fsp3) is 0.500. The van der Waals surface area contributed by atoms with Crippen molar-refractivity contribution in [3.05, 3.63) is 11.8 Å². The maximum Gasteiger partial charge on any atom is 0.313 e. The summed E-state index contributed by atoms with van der Waals surface area (Å²) in [4.78, 5) is 21.7. The molecular formula is C8H12O4. The molecule has 0 aliphatic heterocycles. The maximum absolute atomic E-state index is 11.1. The largest absolute Gasteiger partial charge is 0.504 e. The topological polar surface area (TPSA) is 52.6 Å². The predicted molar refractivity (Wildman–Crippen MR) is 42.4 cm³/mol. The number of ether oxygens (including phenoxy) is 2. The summed E-state index contributed by atoms with van der Waals surface area (Å²) in [6, 6.07) is 0. The average Bonchev–Trinajstić information content (AvgIpc) is 2.04. The van der Waals surface area contributed by atoms with Gasteiger partial charge < -0.3 is 9.47 Å². The smallest absolute Gasteiger partial charge is 0.313 e. The summed E-state index contributed by atoms with van der Waals surface area (Å²) in [6.45, 7) is 1.58. The van der Waals surface area contributed by atoms with Crippen LogP contribution in [0, 0.1) is 0 Å². The zero-order chi connectivity index (χ0) is 9.56. The van der Waals surface area contributed by atoms with Crippen molar-refractivity contribution >= 4 is 11.8 Å².